The highest BCUT2D eigenvalue weighted by molar-refractivity contribution is 6.05. The fourth-order valence-corrected chi connectivity index (χ4v) is 2.27. The molecule has 21 heavy (non-hydrogen) atoms. The van der Waals surface area contributed by atoms with Gasteiger partial charge in [-0.15, -0.1) is 0 Å². The van der Waals surface area contributed by atoms with Crippen molar-refractivity contribution in [2.75, 3.05) is 0 Å². The zero-order chi connectivity index (χ0) is 14.7. The van der Waals surface area contributed by atoms with Crippen molar-refractivity contribution < 1.29 is 14.3 Å². The Morgan fingerprint density at radius 3 is 2.76 bits per heavy atom. The van der Waals surface area contributed by atoms with E-state index in [-0.39, 0.29) is 12.5 Å². The molecule has 0 aliphatic carbocycles. The van der Waals surface area contributed by atoms with Crippen molar-refractivity contribution >= 4 is 16.9 Å². The van der Waals surface area contributed by atoms with Gasteiger partial charge in [0.25, 0.3) is 5.91 Å². The van der Waals surface area contributed by atoms with E-state index < -0.39 is 0 Å². The van der Waals surface area contributed by atoms with Gasteiger partial charge in [-0.25, -0.2) is 0 Å². The number of para-hydroxylation sites is 1. The van der Waals surface area contributed by atoms with Gasteiger partial charge in [0.05, 0.1) is 12.2 Å². The largest absolute Gasteiger partial charge is 0.463 e. The molecule has 4 heteroatoms. The Balaban J connectivity index is 1.74. The lowest BCUT2D eigenvalue weighted by Crippen LogP contribution is -2.22. The maximum Gasteiger partial charge on any atom is 0.255 e. The average Bonchev–Trinajstić information content (AvgIpc) is 2.97. The van der Waals surface area contributed by atoms with Crippen molar-refractivity contribution in [2.24, 2.45) is 0 Å². The molecular formula is C17H15NO3. The summed E-state index contributed by atoms with van der Waals surface area (Å²) in [7, 11) is 0. The number of aliphatic hydroxyl groups is 1. The number of furan rings is 1. The summed E-state index contributed by atoms with van der Waals surface area (Å²) in [4.78, 5) is 12.2. The summed E-state index contributed by atoms with van der Waals surface area (Å²) in [6.07, 6.45) is 1.48. The smallest absolute Gasteiger partial charge is 0.255 e. The normalized spacial score (nSPS) is 10.7. The van der Waals surface area contributed by atoms with E-state index in [1.54, 1.807) is 0 Å². The molecule has 0 unspecified atom stereocenters. The van der Waals surface area contributed by atoms with Crippen molar-refractivity contribution in [3.63, 3.8) is 0 Å². The molecule has 0 bridgehead atoms. The Bertz CT molecular complexity index is 776. The number of nitrogens with one attached hydrogen (secondary N) is 1. The van der Waals surface area contributed by atoms with Crippen molar-refractivity contribution in [2.45, 2.75) is 13.2 Å². The summed E-state index contributed by atoms with van der Waals surface area (Å²) in [6.45, 7) is 0.403. The van der Waals surface area contributed by atoms with Gasteiger partial charge in [-0.2, -0.15) is 0 Å². The van der Waals surface area contributed by atoms with Gasteiger partial charge in [0.1, 0.15) is 11.8 Å². The highest BCUT2D eigenvalue weighted by atomic mass is 16.3. The van der Waals surface area contributed by atoms with Crippen LogP contribution in [0.25, 0.3) is 11.0 Å². The van der Waals surface area contributed by atoms with E-state index in [4.69, 9.17) is 9.52 Å². The molecule has 1 aromatic heterocycles. The van der Waals surface area contributed by atoms with Gasteiger partial charge in [-0.05, 0) is 17.2 Å². The van der Waals surface area contributed by atoms with E-state index in [9.17, 15) is 4.79 Å². The van der Waals surface area contributed by atoms with Crippen LogP contribution < -0.4 is 5.32 Å². The fourth-order valence-electron chi connectivity index (χ4n) is 2.27. The van der Waals surface area contributed by atoms with Crippen LogP contribution in [0.1, 0.15) is 21.5 Å². The molecule has 106 valence electrons. The van der Waals surface area contributed by atoms with Crippen LogP contribution in [0.4, 0.5) is 0 Å². The van der Waals surface area contributed by atoms with Gasteiger partial charge in [0.2, 0.25) is 0 Å². The number of carbonyl (C=O) groups is 1. The molecule has 3 rings (SSSR count). The SMILES string of the molecule is O=C(NCc1cccc(CO)c1)c1coc2ccccc12. The van der Waals surface area contributed by atoms with Crippen LogP contribution >= 0.6 is 0 Å². The zero-order valence-corrected chi connectivity index (χ0v) is 11.4. The predicted octanol–water partition coefficient (Wildman–Crippen LogP) is 2.86. The average molecular weight is 281 g/mol. The maximum atomic E-state index is 12.2. The van der Waals surface area contributed by atoms with Crippen molar-refractivity contribution in [1.29, 1.82) is 0 Å². The summed E-state index contributed by atoms with van der Waals surface area (Å²) in [6, 6.07) is 14.9. The third kappa shape index (κ3) is 2.80. The second kappa shape index (κ2) is 5.81. The molecule has 1 amide bonds. The third-order valence-electron chi connectivity index (χ3n) is 3.35. The number of amides is 1. The van der Waals surface area contributed by atoms with Crippen LogP contribution in [0.15, 0.2) is 59.2 Å². The molecular weight excluding hydrogens is 266 g/mol. The van der Waals surface area contributed by atoms with Crippen LogP contribution in [0.3, 0.4) is 0 Å². The fraction of sp³-hybridized carbons (Fsp3) is 0.118. The van der Waals surface area contributed by atoms with E-state index in [2.05, 4.69) is 5.32 Å². The van der Waals surface area contributed by atoms with Crippen LogP contribution in [0.5, 0.6) is 0 Å². The Morgan fingerprint density at radius 2 is 1.90 bits per heavy atom. The quantitative estimate of drug-likeness (QED) is 0.773. The monoisotopic (exact) mass is 281 g/mol. The minimum Gasteiger partial charge on any atom is -0.463 e. The number of carbonyl (C=O) groups excluding carboxylic acids is 1. The standard InChI is InChI=1S/C17H15NO3/c19-10-13-5-3-4-12(8-13)9-18-17(20)15-11-21-16-7-2-1-6-14(15)16/h1-8,11,19H,9-10H2,(H,18,20). The minimum atomic E-state index is -0.172. The van der Waals surface area contributed by atoms with E-state index in [1.807, 2.05) is 48.5 Å². The molecule has 0 radical (unpaired) electrons. The lowest BCUT2D eigenvalue weighted by atomic mass is 10.1. The van der Waals surface area contributed by atoms with E-state index in [0.717, 1.165) is 16.5 Å². The first-order valence-corrected chi connectivity index (χ1v) is 6.71. The number of hydrogen-bond donors (Lipinski definition) is 2. The molecule has 2 aromatic carbocycles. The van der Waals surface area contributed by atoms with Gasteiger partial charge >= 0.3 is 0 Å². The van der Waals surface area contributed by atoms with Crippen LogP contribution in [-0.4, -0.2) is 11.0 Å². The first-order valence-electron chi connectivity index (χ1n) is 6.71. The summed E-state index contributed by atoms with van der Waals surface area (Å²) < 4.78 is 5.36. The zero-order valence-electron chi connectivity index (χ0n) is 11.4. The van der Waals surface area contributed by atoms with Gasteiger partial charge in [0.15, 0.2) is 0 Å². The highest BCUT2D eigenvalue weighted by Gasteiger charge is 2.12. The van der Waals surface area contributed by atoms with E-state index in [1.165, 1.54) is 6.26 Å². The topological polar surface area (TPSA) is 62.5 Å². The molecule has 2 N–H and O–H groups in total. The molecule has 0 fully saturated rings. The molecule has 3 aromatic rings. The lowest BCUT2D eigenvalue weighted by molar-refractivity contribution is 0.0951. The molecule has 4 nitrogen and oxygen atoms in total. The first kappa shape index (κ1) is 13.4. The molecule has 0 saturated heterocycles. The van der Waals surface area contributed by atoms with Gasteiger partial charge in [-0.1, -0.05) is 42.5 Å². The van der Waals surface area contributed by atoms with Gasteiger partial charge < -0.3 is 14.8 Å². The maximum absolute atomic E-state index is 12.2. The Kier molecular flexibility index (Phi) is 3.71. The third-order valence-corrected chi connectivity index (χ3v) is 3.35. The molecule has 0 spiro atoms. The minimum absolute atomic E-state index is 0.00580. The van der Waals surface area contributed by atoms with Crippen LogP contribution in [0.2, 0.25) is 0 Å². The molecule has 0 atom stereocenters. The van der Waals surface area contributed by atoms with Gasteiger partial charge in [-0.3, -0.25) is 4.79 Å². The summed E-state index contributed by atoms with van der Waals surface area (Å²) >= 11 is 0. The Hall–Kier alpha value is -2.59. The second-order valence-corrected chi connectivity index (χ2v) is 4.81. The summed E-state index contributed by atoms with van der Waals surface area (Å²) in [5, 5.41) is 12.8. The summed E-state index contributed by atoms with van der Waals surface area (Å²) in [5.41, 5.74) is 3.01. The van der Waals surface area contributed by atoms with Crippen LogP contribution in [-0.2, 0) is 13.2 Å². The summed E-state index contributed by atoms with van der Waals surface area (Å²) in [5.74, 6) is -0.172. The lowest BCUT2D eigenvalue weighted by Gasteiger charge is -2.05. The van der Waals surface area contributed by atoms with Crippen LogP contribution in [0, 0.1) is 0 Å². The van der Waals surface area contributed by atoms with E-state index in [0.29, 0.717) is 17.7 Å². The number of benzene rings is 2. The van der Waals surface area contributed by atoms with Crippen molar-refractivity contribution in [1.82, 2.24) is 5.32 Å². The number of aliphatic hydroxyl groups excluding tert-OH is 1. The Morgan fingerprint density at radius 1 is 1.10 bits per heavy atom. The Labute approximate surface area is 122 Å². The predicted molar refractivity (Wildman–Crippen MR) is 79.7 cm³/mol. The molecule has 0 aliphatic rings. The molecule has 0 aliphatic heterocycles. The molecule has 0 saturated carbocycles. The number of rotatable bonds is 4. The number of hydrogen-bond acceptors (Lipinski definition) is 3. The molecule has 1 heterocycles. The highest BCUT2D eigenvalue weighted by Crippen LogP contribution is 2.20. The van der Waals surface area contributed by atoms with E-state index >= 15 is 0 Å². The van der Waals surface area contributed by atoms with Crippen molar-refractivity contribution in [3.8, 4) is 0 Å². The number of fused-ring (bicyclic) bond motifs is 1. The van der Waals surface area contributed by atoms with Crippen molar-refractivity contribution in [3.05, 3.63) is 71.5 Å². The first-order chi connectivity index (χ1) is 10.3. The van der Waals surface area contributed by atoms with Gasteiger partial charge in [0, 0.05) is 11.9 Å². The second-order valence-electron chi connectivity index (χ2n) is 4.81.